The molecule has 140 valence electrons. The summed E-state index contributed by atoms with van der Waals surface area (Å²) in [6.07, 6.45) is 0. The van der Waals surface area contributed by atoms with Gasteiger partial charge in [0.2, 0.25) is 0 Å². The zero-order chi connectivity index (χ0) is 18.1. The van der Waals surface area contributed by atoms with Crippen molar-refractivity contribution in [3.05, 3.63) is 35.2 Å². The summed E-state index contributed by atoms with van der Waals surface area (Å²) in [5.74, 6) is 0.667. The van der Waals surface area contributed by atoms with Crippen LogP contribution < -0.4 is 0 Å². The molecule has 0 spiro atoms. The molecule has 2 saturated heterocycles. The van der Waals surface area contributed by atoms with Gasteiger partial charge in [0.1, 0.15) is 0 Å². The highest BCUT2D eigenvalue weighted by Crippen LogP contribution is 2.30. The fourth-order valence-corrected chi connectivity index (χ4v) is 5.15. The molecule has 3 heterocycles. The second kappa shape index (κ2) is 7.64. The van der Waals surface area contributed by atoms with Crippen molar-refractivity contribution < 1.29 is 9.90 Å². The Morgan fingerprint density at radius 1 is 1.15 bits per heavy atom. The van der Waals surface area contributed by atoms with Crippen LogP contribution in [0.25, 0.3) is 10.1 Å². The van der Waals surface area contributed by atoms with Crippen LogP contribution in [-0.2, 0) is 0 Å². The van der Waals surface area contributed by atoms with Crippen LogP contribution in [0.4, 0.5) is 0 Å². The number of carbonyl (C=O) groups is 1. The first kappa shape index (κ1) is 17.9. The third kappa shape index (κ3) is 3.64. The Morgan fingerprint density at radius 2 is 1.88 bits per heavy atom. The molecule has 2 aliphatic rings. The van der Waals surface area contributed by atoms with Crippen LogP contribution in [0.15, 0.2) is 30.3 Å². The summed E-state index contributed by atoms with van der Waals surface area (Å²) in [7, 11) is 2.16. The van der Waals surface area contributed by atoms with Crippen molar-refractivity contribution in [2.24, 2.45) is 11.8 Å². The molecule has 2 aromatic rings. The molecule has 1 amide bonds. The first-order valence-corrected chi connectivity index (χ1v) is 10.3. The largest absolute Gasteiger partial charge is 0.396 e. The number of piperazine rings is 1. The van der Waals surface area contributed by atoms with E-state index in [2.05, 4.69) is 29.0 Å². The van der Waals surface area contributed by atoms with Crippen molar-refractivity contribution >= 4 is 27.3 Å². The van der Waals surface area contributed by atoms with Crippen LogP contribution in [-0.4, -0.2) is 85.2 Å². The quantitative estimate of drug-likeness (QED) is 0.888. The SMILES string of the molecule is CN1CCN(CC2CN(C(=O)c3cc4ccccc4s3)CC2CO)CC1. The molecule has 1 aromatic heterocycles. The monoisotopic (exact) mass is 373 g/mol. The Labute approximate surface area is 158 Å². The number of aliphatic hydroxyl groups is 1. The van der Waals surface area contributed by atoms with Crippen LogP contribution in [0, 0.1) is 11.8 Å². The van der Waals surface area contributed by atoms with Gasteiger partial charge in [0.05, 0.1) is 4.88 Å². The molecule has 0 radical (unpaired) electrons. The first-order chi connectivity index (χ1) is 12.6. The molecule has 0 aliphatic carbocycles. The van der Waals surface area contributed by atoms with Gasteiger partial charge in [0, 0.05) is 63.0 Å². The molecular weight excluding hydrogens is 346 g/mol. The lowest BCUT2D eigenvalue weighted by atomic mass is 9.96. The zero-order valence-electron chi connectivity index (χ0n) is 15.3. The summed E-state index contributed by atoms with van der Waals surface area (Å²) in [6.45, 7) is 6.92. The van der Waals surface area contributed by atoms with E-state index < -0.39 is 0 Å². The van der Waals surface area contributed by atoms with Gasteiger partial charge in [-0.3, -0.25) is 4.79 Å². The molecule has 2 aliphatic heterocycles. The van der Waals surface area contributed by atoms with Crippen molar-refractivity contribution in [2.75, 3.05) is 59.5 Å². The fraction of sp³-hybridized carbons (Fsp3) is 0.550. The second-order valence-corrected chi connectivity index (χ2v) is 8.75. The third-order valence-electron chi connectivity index (χ3n) is 5.82. The number of benzene rings is 1. The summed E-state index contributed by atoms with van der Waals surface area (Å²) in [6, 6.07) is 10.1. The van der Waals surface area contributed by atoms with Crippen LogP contribution in [0.1, 0.15) is 9.67 Å². The maximum Gasteiger partial charge on any atom is 0.263 e. The van der Waals surface area contributed by atoms with E-state index in [4.69, 9.17) is 0 Å². The number of likely N-dealkylation sites (N-methyl/N-ethyl adjacent to an activating group) is 1. The standard InChI is InChI=1S/C20H27N3O2S/c1-21-6-8-22(9-7-21)11-16-12-23(13-17(16)14-24)20(25)19-10-15-4-2-3-5-18(15)26-19/h2-5,10,16-17,24H,6-9,11-14H2,1H3. The van der Waals surface area contributed by atoms with Crippen molar-refractivity contribution in [1.82, 2.24) is 14.7 Å². The van der Waals surface area contributed by atoms with Crippen LogP contribution >= 0.6 is 11.3 Å². The normalized spacial score (nSPS) is 25.2. The highest BCUT2D eigenvalue weighted by atomic mass is 32.1. The van der Waals surface area contributed by atoms with Crippen molar-refractivity contribution in [1.29, 1.82) is 0 Å². The van der Waals surface area contributed by atoms with Crippen LogP contribution in [0.5, 0.6) is 0 Å². The zero-order valence-corrected chi connectivity index (χ0v) is 16.1. The van der Waals surface area contributed by atoms with Crippen molar-refractivity contribution in [3.8, 4) is 0 Å². The molecule has 4 rings (SSSR count). The Bertz CT molecular complexity index is 736. The molecule has 26 heavy (non-hydrogen) atoms. The molecule has 2 unspecified atom stereocenters. The van der Waals surface area contributed by atoms with Crippen molar-refractivity contribution in [3.63, 3.8) is 0 Å². The number of aliphatic hydroxyl groups excluding tert-OH is 1. The Hall–Kier alpha value is -1.47. The van der Waals surface area contributed by atoms with E-state index >= 15 is 0 Å². The van der Waals surface area contributed by atoms with E-state index in [0.717, 1.165) is 54.2 Å². The van der Waals surface area contributed by atoms with Gasteiger partial charge in [-0.1, -0.05) is 18.2 Å². The van der Waals surface area contributed by atoms with Gasteiger partial charge >= 0.3 is 0 Å². The number of thiophene rings is 1. The maximum atomic E-state index is 13.0. The summed E-state index contributed by atoms with van der Waals surface area (Å²) < 4.78 is 1.16. The van der Waals surface area contributed by atoms with E-state index in [0.29, 0.717) is 12.5 Å². The average Bonchev–Trinajstić information content (AvgIpc) is 3.27. The topological polar surface area (TPSA) is 47.0 Å². The van der Waals surface area contributed by atoms with E-state index in [9.17, 15) is 9.90 Å². The van der Waals surface area contributed by atoms with Gasteiger partial charge in [0.15, 0.2) is 0 Å². The molecule has 1 aromatic carbocycles. The Kier molecular flexibility index (Phi) is 5.27. The smallest absolute Gasteiger partial charge is 0.263 e. The number of nitrogens with zero attached hydrogens (tertiary/aromatic N) is 3. The minimum absolute atomic E-state index is 0.116. The summed E-state index contributed by atoms with van der Waals surface area (Å²) in [5, 5.41) is 11.0. The summed E-state index contributed by atoms with van der Waals surface area (Å²) >= 11 is 1.57. The molecule has 1 N–H and O–H groups in total. The average molecular weight is 374 g/mol. The number of likely N-dealkylation sites (tertiary alicyclic amines) is 1. The number of carbonyl (C=O) groups excluding carboxylic acids is 1. The number of rotatable bonds is 4. The van der Waals surface area contributed by atoms with Gasteiger partial charge in [-0.05, 0) is 30.5 Å². The summed E-state index contributed by atoms with van der Waals surface area (Å²) in [4.78, 5) is 20.6. The van der Waals surface area contributed by atoms with E-state index in [-0.39, 0.29) is 18.4 Å². The minimum Gasteiger partial charge on any atom is -0.396 e. The van der Waals surface area contributed by atoms with Gasteiger partial charge < -0.3 is 19.8 Å². The Balaban J connectivity index is 1.43. The maximum absolute atomic E-state index is 13.0. The summed E-state index contributed by atoms with van der Waals surface area (Å²) in [5.41, 5.74) is 0. The van der Waals surface area contributed by atoms with E-state index in [1.807, 2.05) is 23.1 Å². The lowest BCUT2D eigenvalue weighted by molar-refractivity contribution is 0.0782. The van der Waals surface area contributed by atoms with Crippen molar-refractivity contribution in [2.45, 2.75) is 0 Å². The molecule has 0 saturated carbocycles. The highest BCUT2D eigenvalue weighted by molar-refractivity contribution is 7.20. The lowest BCUT2D eigenvalue weighted by Gasteiger charge is -2.34. The number of hydrogen-bond donors (Lipinski definition) is 1. The van der Waals surface area contributed by atoms with Gasteiger partial charge in [-0.15, -0.1) is 11.3 Å². The molecule has 2 atom stereocenters. The van der Waals surface area contributed by atoms with Crippen LogP contribution in [0.2, 0.25) is 0 Å². The highest BCUT2D eigenvalue weighted by Gasteiger charge is 2.36. The predicted octanol–water partition coefficient (Wildman–Crippen LogP) is 1.83. The second-order valence-electron chi connectivity index (χ2n) is 7.67. The molecule has 2 fully saturated rings. The Morgan fingerprint density at radius 3 is 2.62 bits per heavy atom. The fourth-order valence-electron chi connectivity index (χ4n) is 4.12. The third-order valence-corrected chi connectivity index (χ3v) is 6.93. The molecule has 6 heteroatoms. The number of amides is 1. The molecule has 5 nitrogen and oxygen atoms in total. The molecule has 0 bridgehead atoms. The van der Waals surface area contributed by atoms with Gasteiger partial charge in [-0.2, -0.15) is 0 Å². The van der Waals surface area contributed by atoms with Crippen LogP contribution in [0.3, 0.4) is 0 Å². The number of fused-ring (bicyclic) bond motifs is 1. The predicted molar refractivity (Wildman–Crippen MR) is 106 cm³/mol. The van der Waals surface area contributed by atoms with E-state index in [1.54, 1.807) is 11.3 Å². The van der Waals surface area contributed by atoms with E-state index in [1.165, 1.54) is 0 Å². The van der Waals surface area contributed by atoms with Gasteiger partial charge in [0.25, 0.3) is 5.91 Å². The molecular formula is C20H27N3O2S. The first-order valence-electron chi connectivity index (χ1n) is 9.43. The van der Waals surface area contributed by atoms with Gasteiger partial charge in [-0.25, -0.2) is 0 Å². The number of hydrogen-bond acceptors (Lipinski definition) is 5. The lowest BCUT2D eigenvalue weighted by Crippen LogP contribution is -2.47. The minimum atomic E-state index is 0.116.